The number of ether oxygens (including phenoxy) is 3. The SMILES string of the molecule is CCOC(=O)C12CC(F)C(O1)C(CO)O2. The molecule has 4 atom stereocenters. The molecule has 1 N–H and O–H groups in total. The molecule has 0 aromatic rings. The summed E-state index contributed by atoms with van der Waals surface area (Å²) in [5.74, 6) is -2.35. The Morgan fingerprint density at radius 1 is 1.67 bits per heavy atom. The third kappa shape index (κ3) is 1.53. The van der Waals surface area contributed by atoms with Gasteiger partial charge in [0, 0.05) is 6.42 Å². The van der Waals surface area contributed by atoms with Gasteiger partial charge in [0.25, 0.3) is 5.79 Å². The highest BCUT2D eigenvalue weighted by atomic mass is 19.1. The van der Waals surface area contributed by atoms with Gasteiger partial charge in [0.2, 0.25) is 0 Å². The average Bonchev–Trinajstić information content (AvgIpc) is 2.73. The number of hydrogen-bond acceptors (Lipinski definition) is 5. The molecule has 0 radical (unpaired) electrons. The molecule has 2 saturated heterocycles. The Kier molecular flexibility index (Phi) is 2.66. The molecule has 2 bridgehead atoms. The van der Waals surface area contributed by atoms with Crippen molar-refractivity contribution in [2.24, 2.45) is 0 Å². The van der Waals surface area contributed by atoms with Gasteiger partial charge in [-0.25, -0.2) is 9.18 Å². The lowest BCUT2D eigenvalue weighted by Gasteiger charge is -2.25. The van der Waals surface area contributed by atoms with Gasteiger partial charge in [-0.1, -0.05) is 0 Å². The van der Waals surface area contributed by atoms with Crippen LogP contribution in [-0.4, -0.2) is 48.5 Å². The van der Waals surface area contributed by atoms with Crippen LogP contribution in [0, 0.1) is 0 Å². The Morgan fingerprint density at radius 3 is 2.93 bits per heavy atom. The summed E-state index contributed by atoms with van der Waals surface area (Å²) < 4.78 is 28.5. The molecule has 0 saturated carbocycles. The number of alkyl halides is 1. The molecule has 2 aliphatic rings. The molecule has 2 fully saturated rings. The van der Waals surface area contributed by atoms with Crippen molar-refractivity contribution in [3.8, 4) is 0 Å². The second kappa shape index (κ2) is 3.70. The first-order chi connectivity index (χ1) is 7.13. The number of hydrogen-bond donors (Lipinski definition) is 1. The Morgan fingerprint density at radius 2 is 2.40 bits per heavy atom. The Balaban J connectivity index is 2.13. The number of rotatable bonds is 3. The quantitative estimate of drug-likeness (QED) is 0.665. The predicted octanol–water partition coefficient (Wildman–Crippen LogP) is -0.236. The molecule has 0 aromatic heterocycles. The van der Waals surface area contributed by atoms with E-state index in [2.05, 4.69) is 0 Å². The van der Waals surface area contributed by atoms with E-state index in [0.29, 0.717) is 0 Å². The molecule has 15 heavy (non-hydrogen) atoms. The van der Waals surface area contributed by atoms with Crippen LogP contribution in [0.15, 0.2) is 0 Å². The van der Waals surface area contributed by atoms with Crippen LogP contribution in [0.5, 0.6) is 0 Å². The minimum atomic E-state index is -1.63. The van der Waals surface area contributed by atoms with Crippen LogP contribution in [0.4, 0.5) is 4.39 Å². The number of esters is 1. The van der Waals surface area contributed by atoms with Crippen molar-refractivity contribution in [2.45, 2.75) is 37.5 Å². The van der Waals surface area contributed by atoms with Gasteiger partial charge in [-0.05, 0) is 6.92 Å². The average molecular weight is 220 g/mol. The summed E-state index contributed by atoms with van der Waals surface area (Å²) in [7, 11) is 0. The van der Waals surface area contributed by atoms with Gasteiger partial charge in [-0.2, -0.15) is 0 Å². The molecule has 5 nitrogen and oxygen atoms in total. The van der Waals surface area contributed by atoms with Gasteiger partial charge in [-0.3, -0.25) is 0 Å². The van der Waals surface area contributed by atoms with E-state index >= 15 is 0 Å². The molecule has 4 unspecified atom stereocenters. The standard InChI is InChI=1S/C9H13FO5/c1-2-13-8(12)9-3-5(10)7(15-9)6(4-11)14-9/h5-7,11H,2-4H2,1H3. The number of halogens is 1. The summed E-state index contributed by atoms with van der Waals surface area (Å²) in [5, 5.41) is 8.91. The van der Waals surface area contributed by atoms with Crippen LogP contribution < -0.4 is 0 Å². The lowest BCUT2D eigenvalue weighted by Crippen LogP contribution is -2.45. The molecule has 0 amide bonds. The van der Waals surface area contributed by atoms with Gasteiger partial charge < -0.3 is 19.3 Å². The zero-order valence-corrected chi connectivity index (χ0v) is 8.31. The van der Waals surface area contributed by atoms with Gasteiger partial charge in [-0.15, -0.1) is 0 Å². The van der Waals surface area contributed by atoms with Gasteiger partial charge in [0.1, 0.15) is 18.4 Å². The van der Waals surface area contributed by atoms with E-state index in [1.807, 2.05) is 0 Å². The summed E-state index contributed by atoms with van der Waals surface area (Å²) in [6.45, 7) is 1.46. The number of aliphatic hydroxyl groups excluding tert-OH is 1. The highest BCUT2D eigenvalue weighted by Gasteiger charge is 2.64. The van der Waals surface area contributed by atoms with Gasteiger partial charge >= 0.3 is 5.97 Å². The van der Waals surface area contributed by atoms with Crippen molar-refractivity contribution in [3.05, 3.63) is 0 Å². The zero-order valence-electron chi connectivity index (χ0n) is 8.31. The summed E-state index contributed by atoms with van der Waals surface area (Å²) >= 11 is 0. The van der Waals surface area contributed by atoms with Gasteiger partial charge in [0.05, 0.1) is 13.2 Å². The molecule has 6 heteroatoms. The fourth-order valence-corrected chi connectivity index (χ4v) is 1.97. The van der Waals surface area contributed by atoms with E-state index in [4.69, 9.17) is 19.3 Å². The minimum absolute atomic E-state index is 0.160. The van der Waals surface area contributed by atoms with E-state index in [1.54, 1.807) is 6.92 Å². The predicted molar refractivity (Wildman–Crippen MR) is 45.7 cm³/mol. The lowest BCUT2D eigenvalue weighted by atomic mass is 10.0. The van der Waals surface area contributed by atoms with Crippen LogP contribution >= 0.6 is 0 Å². The number of carbonyl (C=O) groups is 1. The summed E-state index contributed by atoms with van der Waals surface area (Å²) in [6.07, 6.45) is -3.09. The van der Waals surface area contributed by atoms with E-state index in [9.17, 15) is 9.18 Å². The first-order valence-corrected chi connectivity index (χ1v) is 4.90. The monoisotopic (exact) mass is 220 g/mol. The fraction of sp³-hybridized carbons (Fsp3) is 0.889. The Labute approximate surface area is 86.1 Å². The maximum Gasteiger partial charge on any atom is 0.367 e. The van der Waals surface area contributed by atoms with Crippen molar-refractivity contribution < 1.29 is 28.5 Å². The highest BCUT2D eigenvalue weighted by molar-refractivity contribution is 5.79. The van der Waals surface area contributed by atoms with Crippen molar-refractivity contribution in [1.29, 1.82) is 0 Å². The molecule has 86 valence electrons. The molecule has 2 rings (SSSR count). The topological polar surface area (TPSA) is 65.0 Å². The van der Waals surface area contributed by atoms with Crippen LogP contribution in [0.3, 0.4) is 0 Å². The number of fused-ring (bicyclic) bond motifs is 2. The van der Waals surface area contributed by atoms with Crippen molar-refractivity contribution in [3.63, 3.8) is 0 Å². The highest BCUT2D eigenvalue weighted by Crippen LogP contribution is 2.44. The lowest BCUT2D eigenvalue weighted by molar-refractivity contribution is -0.208. The third-order valence-corrected chi connectivity index (χ3v) is 2.62. The Bertz CT molecular complexity index is 267. The molecular formula is C9H13FO5. The van der Waals surface area contributed by atoms with Crippen molar-refractivity contribution >= 4 is 5.97 Å². The maximum absolute atomic E-state index is 13.4. The van der Waals surface area contributed by atoms with Crippen molar-refractivity contribution in [1.82, 2.24) is 0 Å². The Hall–Kier alpha value is -0.720. The largest absolute Gasteiger partial charge is 0.462 e. The molecule has 0 aliphatic carbocycles. The molecule has 0 spiro atoms. The number of aliphatic hydroxyl groups is 1. The first-order valence-electron chi connectivity index (χ1n) is 4.90. The van der Waals surface area contributed by atoms with Crippen molar-refractivity contribution in [2.75, 3.05) is 13.2 Å². The third-order valence-electron chi connectivity index (χ3n) is 2.62. The second-order valence-electron chi connectivity index (χ2n) is 3.61. The molecule has 0 aromatic carbocycles. The molecule has 2 aliphatic heterocycles. The van der Waals surface area contributed by atoms with E-state index in [-0.39, 0.29) is 19.6 Å². The zero-order chi connectivity index (χ0) is 11.1. The van der Waals surface area contributed by atoms with Crippen LogP contribution in [-0.2, 0) is 19.0 Å². The summed E-state index contributed by atoms with van der Waals surface area (Å²) in [5.41, 5.74) is 0. The van der Waals surface area contributed by atoms with E-state index < -0.39 is 30.1 Å². The van der Waals surface area contributed by atoms with Crippen LogP contribution in [0.2, 0.25) is 0 Å². The smallest absolute Gasteiger partial charge is 0.367 e. The maximum atomic E-state index is 13.4. The normalized spacial score (nSPS) is 43.3. The minimum Gasteiger partial charge on any atom is -0.462 e. The van der Waals surface area contributed by atoms with E-state index in [0.717, 1.165) is 0 Å². The first kappa shape index (κ1) is 10.8. The number of carbonyl (C=O) groups excluding carboxylic acids is 1. The second-order valence-corrected chi connectivity index (χ2v) is 3.61. The van der Waals surface area contributed by atoms with Crippen LogP contribution in [0.25, 0.3) is 0 Å². The van der Waals surface area contributed by atoms with E-state index in [1.165, 1.54) is 0 Å². The molecular weight excluding hydrogens is 207 g/mol. The fourth-order valence-electron chi connectivity index (χ4n) is 1.97. The summed E-state index contributed by atoms with van der Waals surface area (Å²) in [6, 6.07) is 0. The summed E-state index contributed by atoms with van der Waals surface area (Å²) in [4.78, 5) is 11.5. The molecule has 2 heterocycles. The van der Waals surface area contributed by atoms with Crippen LogP contribution in [0.1, 0.15) is 13.3 Å². The van der Waals surface area contributed by atoms with Gasteiger partial charge in [0.15, 0.2) is 0 Å².